The minimum absolute atomic E-state index is 0.479. The van der Waals surface area contributed by atoms with Crippen LogP contribution in [0.5, 0.6) is 0 Å². The quantitative estimate of drug-likeness (QED) is 0.626. The van der Waals surface area contributed by atoms with Gasteiger partial charge in [0.15, 0.2) is 0 Å². The Hall–Kier alpha value is 0.110. The Labute approximate surface area is 63.8 Å². The maximum atomic E-state index is 11.5. The van der Waals surface area contributed by atoms with Gasteiger partial charge in [-0.2, -0.15) is 0 Å². The van der Waals surface area contributed by atoms with Gasteiger partial charge in [0.05, 0.1) is 0 Å². The smallest absolute Gasteiger partial charge is 0.0487 e. The fraction of sp³-hybridized carbons (Fsp3) is 1.00. The van der Waals surface area contributed by atoms with E-state index in [1.54, 1.807) is 0 Å². The summed E-state index contributed by atoms with van der Waals surface area (Å²) in [5, 5.41) is 4.30. The van der Waals surface area contributed by atoms with E-state index in [1.165, 1.54) is 12.8 Å². The van der Waals surface area contributed by atoms with Crippen molar-refractivity contribution in [1.82, 2.24) is 5.32 Å². The number of hydrogen-bond acceptors (Lipinski definition) is 2. The molecule has 0 aromatic heterocycles. The minimum Gasteiger partial charge on any atom is -0.315 e. The number of rotatable bonds is 2. The van der Waals surface area contributed by atoms with Crippen molar-refractivity contribution in [2.75, 3.05) is 13.1 Å². The number of nitrogens with one attached hydrogen (secondary N) is 1. The van der Waals surface area contributed by atoms with Gasteiger partial charge in [0, 0.05) is 27.8 Å². The molecule has 3 heteroatoms. The summed E-state index contributed by atoms with van der Waals surface area (Å²) in [5.74, 6) is 0. The fourth-order valence-electron chi connectivity index (χ4n) is 1.40. The first-order valence-electron chi connectivity index (χ1n) is 3.98. The molecule has 0 aromatic carbocycles. The van der Waals surface area contributed by atoms with Crippen molar-refractivity contribution >= 4 is 10.8 Å². The van der Waals surface area contributed by atoms with Gasteiger partial charge in [0.2, 0.25) is 0 Å². The Morgan fingerprint density at radius 2 is 2.00 bits per heavy atom. The third kappa shape index (κ3) is 1.25. The monoisotopic (exact) mass is 159 g/mol. The molecule has 0 aromatic rings. The van der Waals surface area contributed by atoms with E-state index >= 15 is 0 Å². The van der Waals surface area contributed by atoms with Crippen LogP contribution in [0, 0.1) is 0 Å². The molecule has 1 aliphatic carbocycles. The van der Waals surface area contributed by atoms with Crippen LogP contribution in [0.4, 0.5) is 0 Å². The van der Waals surface area contributed by atoms with E-state index in [0.29, 0.717) is 10.5 Å². The molecule has 0 amide bonds. The zero-order chi connectivity index (χ0) is 6.97. The summed E-state index contributed by atoms with van der Waals surface area (Å²) in [6, 6.07) is 0. The van der Waals surface area contributed by atoms with E-state index in [2.05, 4.69) is 5.32 Å². The van der Waals surface area contributed by atoms with Gasteiger partial charge in [0.1, 0.15) is 0 Å². The van der Waals surface area contributed by atoms with E-state index in [-0.39, 0.29) is 0 Å². The lowest BCUT2D eigenvalue weighted by Gasteiger charge is -2.05. The minimum atomic E-state index is -0.498. The van der Waals surface area contributed by atoms with Crippen LogP contribution in [0.2, 0.25) is 0 Å². The fourth-order valence-corrected chi connectivity index (χ4v) is 3.18. The summed E-state index contributed by atoms with van der Waals surface area (Å²) < 4.78 is 11.5. The van der Waals surface area contributed by atoms with Crippen LogP contribution in [0.3, 0.4) is 0 Å². The van der Waals surface area contributed by atoms with Crippen molar-refractivity contribution in [2.24, 2.45) is 0 Å². The van der Waals surface area contributed by atoms with Crippen molar-refractivity contribution in [1.29, 1.82) is 0 Å². The van der Waals surface area contributed by atoms with Gasteiger partial charge in [-0.1, -0.05) is 0 Å². The molecule has 2 aliphatic rings. The summed E-state index contributed by atoms with van der Waals surface area (Å²) in [5.41, 5.74) is 0. The van der Waals surface area contributed by atoms with E-state index < -0.39 is 10.8 Å². The van der Waals surface area contributed by atoms with E-state index in [9.17, 15) is 4.21 Å². The predicted octanol–water partition coefficient (Wildman–Crippen LogP) is 0.259. The van der Waals surface area contributed by atoms with Crippen LogP contribution >= 0.6 is 0 Å². The average molecular weight is 159 g/mol. The summed E-state index contributed by atoms with van der Waals surface area (Å²) in [4.78, 5) is 0. The van der Waals surface area contributed by atoms with Gasteiger partial charge < -0.3 is 5.32 Å². The van der Waals surface area contributed by atoms with Gasteiger partial charge in [-0.25, -0.2) is 0 Å². The summed E-state index contributed by atoms with van der Waals surface area (Å²) >= 11 is 0. The highest BCUT2D eigenvalue weighted by molar-refractivity contribution is 7.86. The zero-order valence-electron chi connectivity index (χ0n) is 6.01. The van der Waals surface area contributed by atoms with E-state index in [0.717, 1.165) is 19.5 Å². The molecule has 0 bridgehead atoms. The average Bonchev–Trinajstić information content (AvgIpc) is 2.65. The topological polar surface area (TPSA) is 29.1 Å². The van der Waals surface area contributed by atoms with Gasteiger partial charge in [-0.3, -0.25) is 4.21 Å². The van der Waals surface area contributed by atoms with Crippen LogP contribution in [0.25, 0.3) is 0 Å². The first-order chi connectivity index (χ1) is 4.88. The third-order valence-corrected chi connectivity index (χ3v) is 4.38. The molecule has 2 atom stereocenters. The maximum absolute atomic E-state index is 11.5. The first-order valence-corrected chi connectivity index (χ1v) is 5.25. The first kappa shape index (κ1) is 6.80. The van der Waals surface area contributed by atoms with Gasteiger partial charge in [0.25, 0.3) is 0 Å². The van der Waals surface area contributed by atoms with Crippen molar-refractivity contribution in [2.45, 2.75) is 29.8 Å². The Balaban J connectivity index is 1.90. The highest BCUT2D eigenvalue weighted by atomic mass is 32.2. The van der Waals surface area contributed by atoms with Crippen molar-refractivity contribution < 1.29 is 4.21 Å². The molecular formula is C7H13NOS. The largest absolute Gasteiger partial charge is 0.315 e. The molecule has 1 saturated carbocycles. The molecule has 2 unspecified atom stereocenters. The Bertz CT molecular complexity index is 150. The Morgan fingerprint density at radius 1 is 1.20 bits per heavy atom. The second-order valence-corrected chi connectivity index (χ2v) is 5.13. The van der Waals surface area contributed by atoms with E-state index in [1.807, 2.05) is 0 Å². The summed E-state index contributed by atoms with van der Waals surface area (Å²) in [6.45, 7) is 2.06. The number of hydrogen-bond donors (Lipinski definition) is 1. The molecule has 1 heterocycles. The van der Waals surface area contributed by atoms with Crippen LogP contribution in [-0.2, 0) is 10.8 Å². The molecule has 0 spiro atoms. The van der Waals surface area contributed by atoms with Crippen molar-refractivity contribution in [3.63, 3.8) is 0 Å². The van der Waals surface area contributed by atoms with Gasteiger partial charge in [-0.15, -0.1) is 0 Å². The van der Waals surface area contributed by atoms with Crippen LogP contribution in [-0.4, -0.2) is 27.8 Å². The molecule has 2 fully saturated rings. The van der Waals surface area contributed by atoms with Crippen LogP contribution in [0.1, 0.15) is 19.3 Å². The Kier molecular flexibility index (Phi) is 1.78. The van der Waals surface area contributed by atoms with Crippen molar-refractivity contribution in [3.05, 3.63) is 0 Å². The zero-order valence-corrected chi connectivity index (χ0v) is 6.82. The molecule has 10 heavy (non-hydrogen) atoms. The van der Waals surface area contributed by atoms with Crippen LogP contribution < -0.4 is 5.32 Å². The highest BCUT2D eigenvalue weighted by Gasteiger charge is 2.34. The molecule has 58 valence electrons. The molecule has 1 aliphatic heterocycles. The molecular weight excluding hydrogens is 146 g/mol. The molecule has 1 saturated heterocycles. The second-order valence-electron chi connectivity index (χ2n) is 3.14. The van der Waals surface area contributed by atoms with Crippen LogP contribution in [0.15, 0.2) is 0 Å². The third-order valence-electron chi connectivity index (χ3n) is 2.20. The lowest BCUT2D eigenvalue weighted by atomic mass is 10.4. The molecule has 2 rings (SSSR count). The highest BCUT2D eigenvalue weighted by Crippen LogP contribution is 2.29. The maximum Gasteiger partial charge on any atom is 0.0487 e. The lowest BCUT2D eigenvalue weighted by molar-refractivity contribution is 0.671. The second kappa shape index (κ2) is 2.62. The normalized spacial score (nSPS) is 36.2. The summed E-state index contributed by atoms with van der Waals surface area (Å²) in [6.07, 6.45) is 3.55. The lowest BCUT2D eigenvalue weighted by Crippen LogP contribution is -2.21. The predicted molar refractivity (Wildman–Crippen MR) is 42.4 cm³/mol. The Morgan fingerprint density at radius 3 is 2.50 bits per heavy atom. The molecule has 0 radical (unpaired) electrons. The van der Waals surface area contributed by atoms with Gasteiger partial charge in [-0.05, 0) is 25.8 Å². The molecule has 1 N–H and O–H groups in total. The molecule has 2 nitrogen and oxygen atoms in total. The summed E-state index contributed by atoms with van der Waals surface area (Å²) in [7, 11) is -0.498. The SMILES string of the molecule is O=S(C1CC1)C1CCNC1. The van der Waals surface area contributed by atoms with Gasteiger partial charge >= 0.3 is 0 Å². The van der Waals surface area contributed by atoms with E-state index in [4.69, 9.17) is 0 Å². The standard InChI is InChI=1S/C7H13NOS/c9-10(6-1-2-6)7-3-4-8-5-7/h6-8H,1-5H2. The van der Waals surface area contributed by atoms with Crippen molar-refractivity contribution in [3.8, 4) is 0 Å².